The van der Waals surface area contributed by atoms with E-state index in [-0.39, 0.29) is 24.6 Å². The lowest BCUT2D eigenvalue weighted by molar-refractivity contribution is -0.136. The van der Waals surface area contributed by atoms with E-state index in [0.717, 1.165) is 17.0 Å². The van der Waals surface area contributed by atoms with Crippen molar-refractivity contribution in [3.63, 3.8) is 0 Å². The van der Waals surface area contributed by atoms with Gasteiger partial charge in [0.25, 0.3) is 0 Å². The van der Waals surface area contributed by atoms with E-state index < -0.39 is 12.1 Å². The Bertz CT molecular complexity index is 1400. The highest BCUT2D eigenvalue weighted by atomic mass is 16.6. The second kappa shape index (κ2) is 10.6. The highest BCUT2D eigenvalue weighted by Crippen LogP contribution is 2.23. The number of amidine groups is 1. The number of nitrogen functional groups attached to an aromatic ring is 1. The van der Waals surface area contributed by atoms with Crippen molar-refractivity contribution in [2.75, 3.05) is 16.8 Å². The Balaban J connectivity index is 1.48. The quantitative estimate of drug-likeness (QED) is 0.207. The Morgan fingerprint density at radius 2 is 1.94 bits per heavy atom. The molecular formula is C25H25N7O4. The van der Waals surface area contributed by atoms with Crippen LogP contribution in [0.4, 0.5) is 16.3 Å². The van der Waals surface area contributed by atoms with Crippen molar-refractivity contribution in [2.24, 2.45) is 12.8 Å². The van der Waals surface area contributed by atoms with Crippen LogP contribution < -0.4 is 20.7 Å². The maximum Gasteiger partial charge on any atom is 0.420 e. The average molecular weight is 488 g/mol. The molecule has 4 aromatic rings. The third kappa shape index (κ3) is 5.58. The number of carboxylic acid groups (broad SMARTS) is 1. The molecule has 0 atom stereocenters. The van der Waals surface area contributed by atoms with E-state index in [0.29, 0.717) is 23.4 Å². The molecule has 0 unspecified atom stereocenters. The summed E-state index contributed by atoms with van der Waals surface area (Å²) in [7, 11) is 1.89. The monoisotopic (exact) mass is 487 g/mol. The van der Waals surface area contributed by atoms with Crippen LogP contribution >= 0.6 is 0 Å². The van der Waals surface area contributed by atoms with Gasteiger partial charge in [-0.3, -0.25) is 15.1 Å². The molecule has 2 aromatic heterocycles. The lowest BCUT2D eigenvalue weighted by atomic mass is 10.2. The van der Waals surface area contributed by atoms with E-state index in [2.05, 4.69) is 15.3 Å². The first-order valence-corrected chi connectivity index (χ1v) is 11.1. The van der Waals surface area contributed by atoms with Crippen molar-refractivity contribution >= 4 is 40.4 Å². The molecule has 0 aliphatic heterocycles. The summed E-state index contributed by atoms with van der Waals surface area (Å²) in [5.74, 6) is 0.322. The number of hydrogen-bond acceptors (Lipinski definition) is 7. The molecule has 0 saturated heterocycles. The fourth-order valence-corrected chi connectivity index (χ4v) is 3.58. The standard InChI is InChI=1S/C25H25N7O4/c1-31-20-10-9-18(36-25(35)32(13-11-23(33)34)21-4-2-3-12-28-21)14-19(20)30-22(31)15-29-17-7-5-16(6-8-17)24(26)27/h2-10,12,14,29H,11,13,15H2,1H3,(H3,26,27)(H,33,34). The lowest BCUT2D eigenvalue weighted by Crippen LogP contribution is -2.36. The molecule has 36 heavy (non-hydrogen) atoms. The normalized spacial score (nSPS) is 10.7. The summed E-state index contributed by atoms with van der Waals surface area (Å²) in [6.07, 6.45) is 0.531. The number of aryl methyl sites for hydroxylation is 1. The molecule has 4 rings (SSSR count). The SMILES string of the molecule is Cn1c(CNc2ccc(C(=N)N)cc2)nc2cc(OC(=O)N(CCC(=O)O)c3ccccn3)ccc21. The zero-order valence-corrected chi connectivity index (χ0v) is 19.5. The second-order valence-corrected chi connectivity index (χ2v) is 7.93. The third-order valence-electron chi connectivity index (χ3n) is 5.49. The van der Waals surface area contributed by atoms with Crippen LogP contribution in [-0.4, -0.2) is 44.1 Å². The van der Waals surface area contributed by atoms with Crippen LogP contribution in [0.1, 0.15) is 17.8 Å². The number of nitrogens with two attached hydrogens (primary N) is 1. The van der Waals surface area contributed by atoms with Crippen LogP contribution in [-0.2, 0) is 18.4 Å². The Morgan fingerprint density at radius 3 is 2.61 bits per heavy atom. The molecule has 2 heterocycles. The van der Waals surface area contributed by atoms with E-state index in [1.54, 1.807) is 48.5 Å². The molecule has 0 aliphatic carbocycles. The number of benzene rings is 2. The predicted molar refractivity (Wildman–Crippen MR) is 135 cm³/mol. The highest BCUT2D eigenvalue weighted by molar-refractivity contribution is 5.95. The van der Waals surface area contributed by atoms with Gasteiger partial charge < -0.3 is 25.5 Å². The second-order valence-electron chi connectivity index (χ2n) is 7.93. The van der Waals surface area contributed by atoms with Crippen LogP contribution in [0.3, 0.4) is 0 Å². The molecule has 11 heteroatoms. The third-order valence-corrected chi connectivity index (χ3v) is 5.49. The maximum absolute atomic E-state index is 12.9. The Hall–Kier alpha value is -4.93. The zero-order valence-electron chi connectivity index (χ0n) is 19.5. The average Bonchev–Trinajstić information content (AvgIpc) is 3.18. The molecule has 5 N–H and O–H groups in total. The van der Waals surface area contributed by atoms with Gasteiger partial charge in [-0.15, -0.1) is 0 Å². The number of anilines is 2. The summed E-state index contributed by atoms with van der Waals surface area (Å²) >= 11 is 0. The molecule has 0 aliphatic rings. The van der Waals surface area contributed by atoms with Gasteiger partial charge in [-0.25, -0.2) is 14.8 Å². The van der Waals surface area contributed by atoms with E-state index in [4.69, 9.17) is 21.0 Å². The first-order chi connectivity index (χ1) is 17.3. The van der Waals surface area contributed by atoms with Gasteiger partial charge in [0.2, 0.25) is 0 Å². The summed E-state index contributed by atoms with van der Waals surface area (Å²) in [6, 6.07) is 17.4. The summed E-state index contributed by atoms with van der Waals surface area (Å²) in [4.78, 5) is 33.9. The maximum atomic E-state index is 12.9. The summed E-state index contributed by atoms with van der Waals surface area (Å²) in [5.41, 5.74) is 8.50. The van der Waals surface area contributed by atoms with Crippen LogP contribution in [0.5, 0.6) is 5.75 Å². The molecule has 1 amide bonds. The number of aliphatic carboxylic acids is 1. The zero-order chi connectivity index (χ0) is 25.7. The van der Waals surface area contributed by atoms with Crippen LogP contribution in [0.15, 0.2) is 66.9 Å². The van der Waals surface area contributed by atoms with Gasteiger partial charge in [-0.2, -0.15) is 0 Å². The lowest BCUT2D eigenvalue weighted by Gasteiger charge is -2.20. The molecule has 0 radical (unpaired) electrons. The minimum atomic E-state index is -1.03. The Kier molecular flexibility index (Phi) is 7.10. The van der Waals surface area contributed by atoms with Gasteiger partial charge in [-0.05, 0) is 48.5 Å². The number of nitrogens with zero attached hydrogens (tertiary/aromatic N) is 4. The summed E-state index contributed by atoms with van der Waals surface area (Å²) < 4.78 is 7.48. The van der Waals surface area contributed by atoms with Gasteiger partial charge in [0, 0.05) is 37.1 Å². The first-order valence-electron chi connectivity index (χ1n) is 11.1. The van der Waals surface area contributed by atoms with Gasteiger partial charge in [-0.1, -0.05) is 6.07 Å². The first kappa shape index (κ1) is 24.2. The number of rotatable bonds is 9. The van der Waals surface area contributed by atoms with Gasteiger partial charge in [0.1, 0.15) is 23.2 Å². The van der Waals surface area contributed by atoms with Crippen molar-refractivity contribution < 1.29 is 19.4 Å². The number of carbonyl (C=O) groups excluding carboxylic acids is 1. The van der Waals surface area contributed by atoms with Crippen LogP contribution in [0.2, 0.25) is 0 Å². The number of hydrogen-bond donors (Lipinski definition) is 4. The van der Waals surface area contributed by atoms with E-state index in [9.17, 15) is 9.59 Å². The number of nitrogens with one attached hydrogen (secondary N) is 2. The predicted octanol–water partition coefficient (Wildman–Crippen LogP) is 3.34. The molecule has 0 spiro atoms. The van der Waals surface area contributed by atoms with Crippen molar-refractivity contribution in [1.29, 1.82) is 5.41 Å². The number of carbonyl (C=O) groups is 2. The van der Waals surface area contributed by atoms with E-state index in [1.165, 1.54) is 11.1 Å². The number of imidazole rings is 1. The van der Waals surface area contributed by atoms with Crippen LogP contribution in [0.25, 0.3) is 11.0 Å². The largest absolute Gasteiger partial charge is 0.481 e. The fraction of sp³-hybridized carbons (Fsp3) is 0.160. The molecule has 0 bridgehead atoms. The molecule has 0 saturated carbocycles. The van der Waals surface area contributed by atoms with E-state index in [1.807, 2.05) is 23.7 Å². The number of amides is 1. The van der Waals surface area contributed by atoms with Crippen molar-refractivity contribution in [3.05, 3.63) is 78.2 Å². The Morgan fingerprint density at radius 1 is 1.17 bits per heavy atom. The smallest absolute Gasteiger partial charge is 0.420 e. The van der Waals surface area contributed by atoms with Crippen molar-refractivity contribution in [3.8, 4) is 5.75 Å². The number of ether oxygens (including phenoxy) is 1. The number of carboxylic acids is 1. The highest BCUT2D eigenvalue weighted by Gasteiger charge is 2.21. The topological polar surface area (TPSA) is 159 Å². The molecule has 0 fully saturated rings. The Labute approximate surface area is 206 Å². The number of aromatic nitrogens is 3. The van der Waals surface area contributed by atoms with E-state index >= 15 is 0 Å². The minimum Gasteiger partial charge on any atom is -0.481 e. The molecule has 11 nitrogen and oxygen atoms in total. The van der Waals surface area contributed by atoms with Crippen molar-refractivity contribution in [1.82, 2.24) is 14.5 Å². The fourth-order valence-electron chi connectivity index (χ4n) is 3.58. The molecular weight excluding hydrogens is 462 g/mol. The van der Waals surface area contributed by atoms with Crippen LogP contribution in [0, 0.1) is 5.41 Å². The molecule has 184 valence electrons. The molecule has 2 aromatic carbocycles. The van der Waals surface area contributed by atoms with Gasteiger partial charge in [0.15, 0.2) is 0 Å². The van der Waals surface area contributed by atoms with Crippen molar-refractivity contribution in [2.45, 2.75) is 13.0 Å². The minimum absolute atomic E-state index is 0.0124. The number of fused-ring (bicyclic) bond motifs is 1. The summed E-state index contributed by atoms with van der Waals surface area (Å²) in [5, 5.41) is 19.8. The van der Waals surface area contributed by atoms with Gasteiger partial charge >= 0.3 is 12.1 Å². The number of pyridine rings is 1. The van der Waals surface area contributed by atoms with Gasteiger partial charge in [0.05, 0.1) is 24.0 Å². The summed E-state index contributed by atoms with van der Waals surface area (Å²) in [6.45, 7) is 0.364.